The molecule has 152 valence electrons. The number of pyridine rings is 1. The third-order valence-corrected chi connectivity index (χ3v) is 7.10. The fourth-order valence-electron chi connectivity index (χ4n) is 4.42. The molecule has 0 bridgehead atoms. The van der Waals surface area contributed by atoms with Crippen LogP contribution in [-0.4, -0.2) is 69.9 Å². The van der Waals surface area contributed by atoms with Crippen LogP contribution >= 0.6 is 11.3 Å². The Morgan fingerprint density at radius 2 is 2.10 bits per heavy atom. The minimum Gasteiger partial charge on any atom is -0.378 e. The molecule has 2 aliphatic rings. The highest BCUT2D eigenvalue weighted by molar-refractivity contribution is 7.20. The zero-order valence-electron chi connectivity index (χ0n) is 16.6. The highest BCUT2D eigenvalue weighted by Crippen LogP contribution is 2.40. The van der Waals surface area contributed by atoms with E-state index in [9.17, 15) is 4.79 Å². The fourth-order valence-corrected chi connectivity index (χ4v) is 5.62. The Morgan fingerprint density at radius 1 is 1.24 bits per heavy atom. The van der Waals surface area contributed by atoms with Crippen molar-refractivity contribution in [3.8, 4) is 0 Å². The first-order valence-electron chi connectivity index (χ1n) is 10.1. The van der Waals surface area contributed by atoms with Gasteiger partial charge in [-0.1, -0.05) is 6.07 Å². The molecule has 2 saturated heterocycles. The number of ether oxygens (including phenoxy) is 1. The van der Waals surface area contributed by atoms with Crippen LogP contribution in [0.15, 0.2) is 30.6 Å². The molecule has 0 N–H and O–H groups in total. The van der Waals surface area contributed by atoms with E-state index < -0.39 is 0 Å². The molecule has 5 rings (SSSR count). The van der Waals surface area contributed by atoms with Crippen molar-refractivity contribution >= 4 is 27.5 Å². The summed E-state index contributed by atoms with van der Waals surface area (Å²) in [6.07, 6.45) is 4.72. The predicted molar refractivity (Wildman–Crippen MR) is 112 cm³/mol. The molecule has 0 radical (unpaired) electrons. The molecule has 8 heteroatoms. The topological polar surface area (TPSA) is 63.5 Å². The Balaban J connectivity index is 1.44. The third-order valence-electron chi connectivity index (χ3n) is 5.99. The molecule has 5 heterocycles. The highest BCUT2D eigenvalue weighted by atomic mass is 32.1. The summed E-state index contributed by atoms with van der Waals surface area (Å²) in [6.45, 7) is 5.43. The number of fused-ring (bicyclic) bond motifs is 1. The number of thiophene rings is 1. The summed E-state index contributed by atoms with van der Waals surface area (Å²) in [4.78, 5) is 24.1. The van der Waals surface area contributed by atoms with Crippen LogP contribution in [0.25, 0.3) is 10.2 Å². The first-order chi connectivity index (χ1) is 14.2. The van der Waals surface area contributed by atoms with E-state index in [0.29, 0.717) is 32.2 Å². The van der Waals surface area contributed by atoms with Gasteiger partial charge in [0.2, 0.25) is 0 Å². The molecule has 3 aromatic heterocycles. The van der Waals surface area contributed by atoms with Crippen molar-refractivity contribution in [2.75, 3.05) is 39.4 Å². The largest absolute Gasteiger partial charge is 0.378 e. The van der Waals surface area contributed by atoms with Crippen LogP contribution in [0.2, 0.25) is 0 Å². The van der Waals surface area contributed by atoms with Gasteiger partial charge in [0, 0.05) is 56.9 Å². The second-order valence-electron chi connectivity index (χ2n) is 7.77. The van der Waals surface area contributed by atoms with E-state index in [2.05, 4.69) is 27.1 Å². The fraction of sp³-hybridized carbons (Fsp3) is 0.476. The van der Waals surface area contributed by atoms with Crippen LogP contribution in [-0.2, 0) is 18.3 Å². The second-order valence-corrected chi connectivity index (χ2v) is 8.77. The number of nitrogens with zero attached hydrogens (tertiary/aromatic N) is 5. The quantitative estimate of drug-likeness (QED) is 0.660. The lowest BCUT2D eigenvalue weighted by atomic mass is 9.95. The normalized spacial score (nSPS) is 20.6. The molecule has 2 aliphatic heterocycles. The number of carbonyl (C=O) groups is 1. The molecule has 0 spiro atoms. The van der Waals surface area contributed by atoms with Gasteiger partial charge in [-0.2, -0.15) is 5.10 Å². The molecule has 0 aromatic carbocycles. The number of carbonyl (C=O) groups excluding carboxylic acids is 1. The molecule has 1 unspecified atom stereocenters. The van der Waals surface area contributed by atoms with Gasteiger partial charge in [0.05, 0.1) is 23.8 Å². The van der Waals surface area contributed by atoms with Gasteiger partial charge in [-0.25, -0.2) is 4.98 Å². The van der Waals surface area contributed by atoms with E-state index in [-0.39, 0.29) is 5.91 Å². The lowest BCUT2D eigenvalue weighted by Gasteiger charge is -2.27. The maximum Gasteiger partial charge on any atom is 0.264 e. The third kappa shape index (κ3) is 3.56. The Kier molecular flexibility index (Phi) is 5.07. The first kappa shape index (κ1) is 18.7. The number of hydrogen-bond acceptors (Lipinski definition) is 6. The van der Waals surface area contributed by atoms with Gasteiger partial charge in [-0.15, -0.1) is 11.3 Å². The zero-order valence-corrected chi connectivity index (χ0v) is 17.4. The smallest absolute Gasteiger partial charge is 0.264 e. The lowest BCUT2D eigenvalue weighted by molar-refractivity contribution is 0.0305. The molecule has 0 saturated carbocycles. The van der Waals surface area contributed by atoms with Crippen LogP contribution in [0.4, 0.5) is 0 Å². The molecule has 2 fully saturated rings. The maximum absolute atomic E-state index is 13.4. The van der Waals surface area contributed by atoms with Crippen LogP contribution in [0.1, 0.15) is 33.3 Å². The molecular weight excluding hydrogens is 386 g/mol. The minimum absolute atomic E-state index is 0.136. The van der Waals surface area contributed by atoms with Crippen LogP contribution in [0, 0.1) is 0 Å². The Labute approximate surface area is 173 Å². The van der Waals surface area contributed by atoms with Crippen molar-refractivity contribution in [1.29, 1.82) is 0 Å². The highest BCUT2D eigenvalue weighted by Gasteiger charge is 2.33. The van der Waals surface area contributed by atoms with E-state index in [1.165, 1.54) is 11.3 Å². The molecule has 3 aromatic rings. The summed E-state index contributed by atoms with van der Waals surface area (Å²) >= 11 is 1.55. The maximum atomic E-state index is 13.4. The van der Waals surface area contributed by atoms with Crippen molar-refractivity contribution in [3.63, 3.8) is 0 Å². The summed E-state index contributed by atoms with van der Waals surface area (Å²) in [5.74, 6) is 0.484. The van der Waals surface area contributed by atoms with Crippen molar-refractivity contribution in [2.24, 2.45) is 7.05 Å². The molecule has 0 aliphatic carbocycles. The summed E-state index contributed by atoms with van der Waals surface area (Å²) in [5.41, 5.74) is 2.41. The number of amides is 1. The number of rotatable bonds is 4. The summed E-state index contributed by atoms with van der Waals surface area (Å²) in [5, 5.41) is 5.42. The average Bonchev–Trinajstić information content (AvgIpc) is 3.47. The summed E-state index contributed by atoms with van der Waals surface area (Å²) < 4.78 is 7.37. The number of hydrogen-bond donors (Lipinski definition) is 0. The lowest BCUT2D eigenvalue weighted by Crippen LogP contribution is -2.40. The summed E-state index contributed by atoms with van der Waals surface area (Å²) in [7, 11) is 1.99. The van der Waals surface area contributed by atoms with Crippen molar-refractivity contribution in [2.45, 2.75) is 18.9 Å². The van der Waals surface area contributed by atoms with Gasteiger partial charge >= 0.3 is 0 Å². The van der Waals surface area contributed by atoms with Gasteiger partial charge in [-0.05, 0) is 30.7 Å². The Hall–Kier alpha value is -2.29. The van der Waals surface area contributed by atoms with Crippen LogP contribution in [0.5, 0.6) is 0 Å². The zero-order chi connectivity index (χ0) is 19.8. The molecular formula is C21H25N5O2S. The van der Waals surface area contributed by atoms with E-state index in [0.717, 1.165) is 41.1 Å². The monoisotopic (exact) mass is 411 g/mol. The van der Waals surface area contributed by atoms with Gasteiger partial charge in [0.15, 0.2) is 0 Å². The second kappa shape index (κ2) is 7.85. The standard InChI is InChI=1S/C21H25N5O2S/c1-24-16(4-7-23-24)14-25-8-5-15(13-25)18-17-3-2-6-22-20(17)29-19(18)21(27)26-9-11-28-12-10-26/h2-4,6-7,15H,5,8-14H2,1H3. The van der Waals surface area contributed by atoms with Crippen LogP contribution in [0.3, 0.4) is 0 Å². The SMILES string of the molecule is Cn1nccc1CN1CCC(c2c(C(=O)N3CCOCC3)sc3ncccc23)C1. The Bertz CT molecular complexity index is 1020. The van der Waals surface area contributed by atoms with E-state index in [1.54, 1.807) is 11.3 Å². The summed E-state index contributed by atoms with van der Waals surface area (Å²) in [6, 6.07) is 6.17. The number of aryl methyl sites for hydroxylation is 1. The van der Waals surface area contributed by atoms with Gasteiger partial charge in [0.1, 0.15) is 4.83 Å². The van der Waals surface area contributed by atoms with Gasteiger partial charge in [-0.3, -0.25) is 14.4 Å². The molecule has 1 amide bonds. The average molecular weight is 412 g/mol. The first-order valence-corrected chi connectivity index (χ1v) is 11.0. The number of morpholine rings is 1. The van der Waals surface area contributed by atoms with Crippen molar-refractivity contribution in [1.82, 2.24) is 24.6 Å². The predicted octanol–water partition coefficient (Wildman–Crippen LogP) is 2.49. The molecule has 7 nitrogen and oxygen atoms in total. The molecule has 29 heavy (non-hydrogen) atoms. The molecule has 1 atom stereocenters. The van der Waals surface area contributed by atoms with E-state index >= 15 is 0 Å². The van der Waals surface area contributed by atoms with Gasteiger partial charge < -0.3 is 9.64 Å². The van der Waals surface area contributed by atoms with Crippen LogP contribution < -0.4 is 0 Å². The number of likely N-dealkylation sites (tertiary alicyclic amines) is 1. The van der Waals surface area contributed by atoms with E-state index in [4.69, 9.17) is 4.74 Å². The van der Waals surface area contributed by atoms with Gasteiger partial charge in [0.25, 0.3) is 5.91 Å². The Morgan fingerprint density at radius 3 is 2.90 bits per heavy atom. The van der Waals surface area contributed by atoms with Crippen molar-refractivity contribution < 1.29 is 9.53 Å². The number of aromatic nitrogens is 3. The minimum atomic E-state index is 0.136. The van der Waals surface area contributed by atoms with Crippen molar-refractivity contribution in [3.05, 3.63) is 46.7 Å². The van der Waals surface area contributed by atoms with E-state index in [1.807, 2.05) is 35.1 Å².